The fourth-order valence-electron chi connectivity index (χ4n) is 2.52. The van der Waals surface area contributed by atoms with Crippen molar-refractivity contribution in [3.8, 4) is 17.3 Å². The van der Waals surface area contributed by atoms with Crippen molar-refractivity contribution in [1.29, 1.82) is 5.26 Å². The summed E-state index contributed by atoms with van der Waals surface area (Å²) in [6.45, 7) is 2.14. The lowest BCUT2D eigenvalue weighted by Crippen LogP contribution is -2.12. The van der Waals surface area contributed by atoms with Crippen LogP contribution in [0.15, 0.2) is 36.9 Å². The topological polar surface area (TPSA) is 93.7 Å². The highest BCUT2D eigenvalue weighted by molar-refractivity contribution is 6.36. The van der Waals surface area contributed by atoms with Gasteiger partial charge in [0.15, 0.2) is 0 Å². The number of aromatic nitrogens is 4. The van der Waals surface area contributed by atoms with Crippen molar-refractivity contribution in [3.63, 3.8) is 0 Å². The minimum Gasteiger partial charge on any atom is -0.461 e. The number of benzene rings is 1. The van der Waals surface area contributed by atoms with E-state index in [9.17, 15) is 10.1 Å². The Kier molecular flexibility index (Phi) is 5.69. The van der Waals surface area contributed by atoms with E-state index in [0.717, 1.165) is 0 Å². The number of pyridine rings is 1. The maximum Gasteiger partial charge on any atom is 0.356 e. The smallest absolute Gasteiger partial charge is 0.356 e. The zero-order valence-corrected chi connectivity index (χ0v) is 15.7. The summed E-state index contributed by atoms with van der Waals surface area (Å²) < 4.78 is 6.60. The molecule has 0 atom stereocenters. The molecule has 0 unspecified atom stereocenters. The first-order valence-electron chi connectivity index (χ1n) is 7.92. The van der Waals surface area contributed by atoms with Crippen molar-refractivity contribution in [1.82, 2.24) is 19.7 Å². The van der Waals surface area contributed by atoms with Crippen LogP contribution in [0.5, 0.6) is 0 Å². The maximum absolute atomic E-state index is 12.3. The molecule has 0 saturated carbocycles. The second-order valence-corrected chi connectivity index (χ2v) is 6.28. The minimum atomic E-state index is -0.590. The molecule has 136 valence electrons. The SMILES string of the molecule is CCOC(=O)c1cc(Cn2cncn2)c(C#N)c(-c2ccc(Cl)cc2Cl)n1. The number of rotatable bonds is 5. The first-order chi connectivity index (χ1) is 13.0. The van der Waals surface area contributed by atoms with Crippen LogP contribution in [0.2, 0.25) is 10.0 Å². The summed E-state index contributed by atoms with van der Waals surface area (Å²) in [5, 5.41) is 14.6. The summed E-state index contributed by atoms with van der Waals surface area (Å²) >= 11 is 12.3. The lowest BCUT2D eigenvalue weighted by Gasteiger charge is -2.13. The van der Waals surface area contributed by atoms with Crippen molar-refractivity contribution >= 4 is 29.2 Å². The molecule has 1 aromatic carbocycles. The predicted octanol–water partition coefficient (Wildman–Crippen LogP) is 3.74. The molecule has 9 heteroatoms. The van der Waals surface area contributed by atoms with E-state index in [-0.39, 0.29) is 30.1 Å². The summed E-state index contributed by atoms with van der Waals surface area (Å²) in [7, 11) is 0. The number of hydrogen-bond acceptors (Lipinski definition) is 6. The van der Waals surface area contributed by atoms with E-state index in [2.05, 4.69) is 21.1 Å². The van der Waals surface area contributed by atoms with Crippen LogP contribution in [-0.2, 0) is 11.3 Å². The van der Waals surface area contributed by atoms with Gasteiger partial charge in [0.1, 0.15) is 24.4 Å². The number of ether oxygens (including phenoxy) is 1. The number of nitriles is 1. The monoisotopic (exact) mass is 401 g/mol. The van der Waals surface area contributed by atoms with Gasteiger partial charge in [0.2, 0.25) is 0 Å². The van der Waals surface area contributed by atoms with E-state index in [1.54, 1.807) is 29.8 Å². The van der Waals surface area contributed by atoms with Gasteiger partial charge in [0.05, 0.1) is 29.4 Å². The molecule has 0 saturated heterocycles. The summed E-state index contributed by atoms with van der Waals surface area (Å²) in [6, 6.07) is 8.51. The van der Waals surface area contributed by atoms with Crippen LogP contribution in [0.1, 0.15) is 28.5 Å². The Labute approximate surface area is 165 Å². The third-order valence-electron chi connectivity index (χ3n) is 3.68. The zero-order valence-electron chi connectivity index (χ0n) is 14.2. The number of nitrogens with zero attached hydrogens (tertiary/aromatic N) is 5. The molecule has 0 amide bonds. The molecule has 0 N–H and O–H groups in total. The van der Waals surface area contributed by atoms with Crippen molar-refractivity contribution in [2.24, 2.45) is 0 Å². The zero-order chi connectivity index (χ0) is 19.4. The summed E-state index contributed by atoms with van der Waals surface area (Å²) in [5.41, 5.74) is 1.67. The fraction of sp³-hybridized carbons (Fsp3) is 0.167. The first kappa shape index (κ1) is 18.8. The second-order valence-electron chi connectivity index (χ2n) is 5.44. The minimum absolute atomic E-state index is 0.0759. The number of carbonyl (C=O) groups excluding carboxylic acids is 1. The Morgan fingerprint density at radius 3 is 2.78 bits per heavy atom. The predicted molar refractivity (Wildman–Crippen MR) is 99.5 cm³/mol. The lowest BCUT2D eigenvalue weighted by atomic mass is 10.0. The Bertz CT molecular complexity index is 1030. The standard InChI is InChI=1S/C18H13Cl2N5O2/c1-2-27-18(26)16-5-11(8-25-10-22-9-23-25)14(7-21)17(24-16)13-4-3-12(19)6-15(13)20/h3-6,9-10H,2,8H2,1H3. The van der Waals surface area contributed by atoms with Crippen LogP contribution in [-0.4, -0.2) is 32.3 Å². The van der Waals surface area contributed by atoms with Gasteiger partial charge in [-0.1, -0.05) is 23.2 Å². The van der Waals surface area contributed by atoms with E-state index in [0.29, 0.717) is 21.2 Å². The Morgan fingerprint density at radius 1 is 1.33 bits per heavy atom. The molecular formula is C18H13Cl2N5O2. The average Bonchev–Trinajstić information content (AvgIpc) is 3.14. The molecule has 0 fully saturated rings. The van der Waals surface area contributed by atoms with Gasteiger partial charge in [0.25, 0.3) is 0 Å². The second kappa shape index (κ2) is 8.16. The van der Waals surface area contributed by atoms with Gasteiger partial charge in [-0.3, -0.25) is 0 Å². The molecule has 0 spiro atoms. The van der Waals surface area contributed by atoms with Crippen LogP contribution in [0.4, 0.5) is 0 Å². The van der Waals surface area contributed by atoms with Crippen LogP contribution in [0.3, 0.4) is 0 Å². The molecule has 2 heterocycles. The Morgan fingerprint density at radius 2 is 2.15 bits per heavy atom. The van der Waals surface area contributed by atoms with E-state index in [4.69, 9.17) is 27.9 Å². The van der Waals surface area contributed by atoms with Gasteiger partial charge in [-0.15, -0.1) is 0 Å². The lowest BCUT2D eigenvalue weighted by molar-refractivity contribution is 0.0519. The van der Waals surface area contributed by atoms with Crippen LogP contribution in [0, 0.1) is 11.3 Å². The van der Waals surface area contributed by atoms with Crippen LogP contribution < -0.4 is 0 Å². The van der Waals surface area contributed by atoms with Gasteiger partial charge in [-0.25, -0.2) is 19.4 Å². The highest BCUT2D eigenvalue weighted by atomic mass is 35.5. The number of hydrogen-bond donors (Lipinski definition) is 0. The molecule has 0 radical (unpaired) electrons. The molecule has 0 aliphatic rings. The van der Waals surface area contributed by atoms with Crippen molar-refractivity contribution in [2.75, 3.05) is 6.61 Å². The number of halogens is 2. The van der Waals surface area contributed by atoms with E-state index >= 15 is 0 Å². The average molecular weight is 402 g/mol. The van der Waals surface area contributed by atoms with Crippen molar-refractivity contribution in [2.45, 2.75) is 13.5 Å². The summed E-state index contributed by atoms with van der Waals surface area (Å²) in [4.78, 5) is 20.5. The highest BCUT2D eigenvalue weighted by Crippen LogP contribution is 2.33. The largest absolute Gasteiger partial charge is 0.461 e. The first-order valence-corrected chi connectivity index (χ1v) is 8.68. The summed E-state index contributed by atoms with van der Waals surface area (Å²) in [5.74, 6) is -0.590. The quantitative estimate of drug-likeness (QED) is 0.604. The number of esters is 1. The molecule has 0 aliphatic carbocycles. The normalized spacial score (nSPS) is 10.4. The molecule has 0 bridgehead atoms. The number of carbonyl (C=O) groups is 1. The van der Waals surface area contributed by atoms with Crippen LogP contribution in [0.25, 0.3) is 11.3 Å². The van der Waals surface area contributed by atoms with Crippen molar-refractivity contribution < 1.29 is 9.53 Å². The van der Waals surface area contributed by atoms with Gasteiger partial charge in [-0.2, -0.15) is 10.4 Å². The Balaban J connectivity index is 2.22. The molecule has 27 heavy (non-hydrogen) atoms. The van der Waals surface area contributed by atoms with E-state index in [1.165, 1.54) is 18.7 Å². The molecule has 0 aliphatic heterocycles. The maximum atomic E-state index is 12.3. The third-order valence-corrected chi connectivity index (χ3v) is 4.23. The summed E-state index contributed by atoms with van der Waals surface area (Å²) in [6.07, 6.45) is 2.90. The van der Waals surface area contributed by atoms with Gasteiger partial charge < -0.3 is 4.74 Å². The van der Waals surface area contributed by atoms with Gasteiger partial charge in [0, 0.05) is 10.6 Å². The van der Waals surface area contributed by atoms with Gasteiger partial charge in [-0.05, 0) is 36.8 Å². The van der Waals surface area contributed by atoms with Crippen LogP contribution >= 0.6 is 23.2 Å². The molecule has 3 rings (SSSR count). The Hall–Kier alpha value is -2.95. The fourth-order valence-corrected chi connectivity index (χ4v) is 3.02. The molecule has 7 nitrogen and oxygen atoms in total. The molecule has 3 aromatic rings. The highest BCUT2D eigenvalue weighted by Gasteiger charge is 2.20. The molecule has 2 aromatic heterocycles. The third kappa shape index (κ3) is 4.08. The van der Waals surface area contributed by atoms with E-state index < -0.39 is 5.97 Å². The molecular weight excluding hydrogens is 389 g/mol. The van der Waals surface area contributed by atoms with E-state index in [1.807, 2.05) is 0 Å². The van der Waals surface area contributed by atoms with Crippen molar-refractivity contribution in [3.05, 3.63) is 63.8 Å². The van der Waals surface area contributed by atoms with Gasteiger partial charge >= 0.3 is 5.97 Å².